The van der Waals surface area contributed by atoms with Crippen molar-refractivity contribution in [1.29, 1.82) is 0 Å². The minimum absolute atomic E-state index is 0.277. The molecule has 0 aliphatic carbocycles. The first-order valence-corrected chi connectivity index (χ1v) is 8.18. The molecule has 0 radical (unpaired) electrons. The molecule has 1 amide bonds. The maximum absolute atomic E-state index is 13.2. The van der Waals surface area contributed by atoms with Crippen molar-refractivity contribution in [3.63, 3.8) is 0 Å². The fourth-order valence-electron chi connectivity index (χ4n) is 2.80. The zero-order chi connectivity index (χ0) is 18.0. The monoisotopic (exact) mass is 357 g/mol. The van der Waals surface area contributed by atoms with Crippen molar-refractivity contribution in [2.45, 2.75) is 19.3 Å². The van der Waals surface area contributed by atoms with Crippen LogP contribution in [-0.4, -0.2) is 15.7 Å². The predicted octanol–water partition coefficient (Wildman–Crippen LogP) is 3.78. The Morgan fingerprint density at radius 1 is 1.28 bits per heavy atom. The molecular formula is C19H17ClFN3O. The van der Waals surface area contributed by atoms with E-state index in [0.717, 1.165) is 11.3 Å². The van der Waals surface area contributed by atoms with E-state index in [1.165, 1.54) is 12.1 Å². The van der Waals surface area contributed by atoms with Gasteiger partial charge in [-0.05, 0) is 43.2 Å². The second-order valence-corrected chi connectivity index (χ2v) is 6.25. The minimum atomic E-state index is -0.597. The van der Waals surface area contributed by atoms with Crippen LogP contribution < -0.4 is 5.73 Å². The van der Waals surface area contributed by atoms with Crippen molar-refractivity contribution in [1.82, 2.24) is 9.78 Å². The second-order valence-electron chi connectivity index (χ2n) is 5.84. The molecule has 1 heterocycles. The van der Waals surface area contributed by atoms with Crippen LogP contribution in [0.2, 0.25) is 5.02 Å². The maximum atomic E-state index is 13.2. The number of aryl methyl sites for hydroxylation is 1. The third kappa shape index (κ3) is 3.72. The number of nitrogens with two attached hydrogens (primary N) is 1. The summed E-state index contributed by atoms with van der Waals surface area (Å²) in [6.45, 7) is 1.83. The summed E-state index contributed by atoms with van der Waals surface area (Å²) >= 11 is 6.09. The number of carbonyl (C=O) groups excluding carboxylic acids is 1. The lowest BCUT2D eigenvalue weighted by Gasteiger charge is -2.14. The summed E-state index contributed by atoms with van der Waals surface area (Å²) in [4.78, 5) is 12.0. The van der Waals surface area contributed by atoms with Crippen LogP contribution in [-0.2, 0) is 11.2 Å². The van der Waals surface area contributed by atoms with E-state index in [1.54, 1.807) is 16.9 Å². The molecule has 0 saturated carbocycles. The molecule has 0 bridgehead atoms. The number of halogens is 2. The Kier molecular flexibility index (Phi) is 4.86. The Balaban J connectivity index is 1.96. The van der Waals surface area contributed by atoms with Crippen LogP contribution in [0.3, 0.4) is 0 Å². The number of para-hydroxylation sites is 1. The Hall–Kier alpha value is -2.66. The van der Waals surface area contributed by atoms with Gasteiger partial charge in [0.1, 0.15) is 5.82 Å². The van der Waals surface area contributed by atoms with Crippen molar-refractivity contribution >= 4 is 17.5 Å². The Bertz CT molecular complexity index is 908. The van der Waals surface area contributed by atoms with E-state index in [9.17, 15) is 9.18 Å². The van der Waals surface area contributed by atoms with Crippen LogP contribution in [0.15, 0.2) is 54.7 Å². The van der Waals surface area contributed by atoms with Crippen molar-refractivity contribution in [3.8, 4) is 5.69 Å². The summed E-state index contributed by atoms with van der Waals surface area (Å²) in [6, 6.07) is 13.7. The molecule has 3 aromatic rings. The van der Waals surface area contributed by atoms with Gasteiger partial charge < -0.3 is 5.73 Å². The van der Waals surface area contributed by atoms with Crippen LogP contribution in [0.4, 0.5) is 4.39 Å². The molecule has 0 fully saturated rings. The van der Waals surface area contributed by atoms with Gasteiger partial charge in [-0.1, -0.05) is 35.9 Å². The summed E-state index contributed by atoms with van der Waals surface area (Å²) in [7, 11) is 0. The topological polar surface area (TPSA) is 60.9 Å². The molecule has 1 unspecified atom stereocenters. The number of benzene rings is 2. The van der Waals surface area contributed by atoms with E-state index in [-0.39, 0.29) is 11.4 Å². The molecule has 128 valence electrons. The maximum Gasteiger partial charge on any atom is 0.225 e. The molecule has 0 aliphatic rings. The van der Waals surface area contributed by atoms with Crippen LogP contribution in [0.1, 0.15) is 22.7 Å². The van der Waals surface area contributed by atoms with Gasteiger partial charge in [0.15, 0.2) is 0 Å². The van der Waals surface area contributed by atoms with Crippen LogP contribution in [0.25, 0.3) is 5.69 Å². The first-order valence-electron chi connectivity index (χ1n) is 7.80. The zero-order valence-electron chi connectivity index (χ0n) is 13.6. The molecule has 2 N–H and O–H groups in total. The number of hydrogen-bond acceptors (Lipinski definition) is 2. The highest BCUT2D eigenvalue weighted by Crippen LogP contribution is 2.28. The lowest BCUT2D eigenvalue weighted by Crippen LogP contribution is -2.23. The van der Waals surface area contributed by atoms with Crippen LogP contribution >= 0.6 is 11.6 Å². The fraction of sp³-hybridized carbons (Fsp3) is 0.158. The number of carbonyl (C=O) groups is 1. The molecule has 4 nitrogen and oxygen atoms in total. The van der Waals surface area contributed by atoms with E-state index in [4.69, 9.17) is 17.3 Å². The largest absolute Gasteiger partial charge is 0.369 e. The number of hydrogen-bond donors (Lipinski definition) is 1. The Labute approximate surface area is 150 Å². The molecule has 0 saturated heterocycles. The number of nitrogens with zero attached hydrogens (tertiary/aromatic N) is 2. The predicted molar refractivity (Wildman–Crippen MR) is 95.4 cm³/mol. The minimum Gasteiger partial charge on any atom is -0.369 e. The van der Waals surface area contributed by atoms with E-state index < -0.39 is 17.6 Å². The van der Waals surface area contributed by atoms with Gasteiger partial charge in [-0.3, -0.25) is 4.79 Å². The van der Waals surface area contributed by atoms with Crippen molar-refractivity contribution in [2.75, 3.05) is 0 Å². The van der Waals surface area contributed by atoms with Gasteiger partial charge in [0.25, 0.3) is 0 Å². The SMILES string of the molecule is Cc1nn(-c2ccccc2)cc1C(Cc1ccc(F)cc1Cl)C(N)=O. The molecule has 2 aromatic carbocycles. The van der Waals surface area contributed by atoms with Crippen LogP contribution in [0.5, 0.6) is 0 Å². The molecule has 3 rings (SSSR count). The molecule has 0 spiro atoms. The molecule has 0 aliphatic heterocycles. The normalized spacial score (nSPS) is 12.1. The number of amides is 1. The van der Waals surface area contributed by atoms with Gasteiger partial charge in [0, 0.05) is 16.8 Å². The second kappa shape index (κ2) is 7.07. The van der Waals surface area contributed by atoms with Gasteiger partial charge in [0.05, 0.1) is 17.3 Å². The lowest BCUT2D eigenvalue weighted by molar-refractivity contribution is -0.119. The summed E-state index contributed by atoms with van der Waals surface area (Å²) < 4.78 is 14.9. The third-order valence-electron chi connectivity index (χ3n) is 4.12. The van der Waals surface area contributed by atoms with Crippen molar-refractivity contribution < 1.29 is 9.18 Å². The van der Waals surface area contributed by atoms with Crippen molar-refractivity contribution in [3.05, 3.63) is 82.4 Å². The van der Waals surface area contributed by atoms with E-state index >= 15 is 0 Å². The van der Waals surface area contributed by atoms with E-state index in [1.807, 2.05) is 37.3 Å². The molecule has 1 aromatic heterocycles. The average molecular weight is 358 g/mol. The summed E-state index contributed by atoms with van der Waals surface area (Å²) in [5, 5.41) is 4.76. The number of aromatic nitrogens is 2. The van der Waals surface area contributed by atoms with Crippen LogP contribution in [0, 0.1) is 12.7 Å². The average Bonchev–Trinajstić information content (AvgIpc) is 2.96. The Morgan fingerprint density at radius 2 is 2.00 bits per heavy atom. The lowest BCUT2D eigenvalue weighted by atomic mass is 9.92. The quantitative estimate of drug-likeness (QED) is 0.755. The summed E-state index contributed by atoms with van der Waals surface area (Å²) in [5.41, 5.74) is 8.62. The molecule has 25 heavy (non-hydrogen) atoms. The summed E-state index contributed by atoms with van der Waals surface area (Å²) in [5.74, 6) is -1.49. The Morgan fingerprint density at radius 3 is 2.64 bits per heavy atom. The summed E-state index contributed by atoms with van der Waals surface area (Å²) in [6.07, 6.45) is 2.09. The van der Waals surface area contributed by atoms with Gasteiger partial charge >= 0.3 is 0 Å². The fourth-order valence-corrected chi connectivity index (χ4v) is 3.04. The zero-order valence-corrected chi connectivity index (χ0v) is 14.4. The smallest absolute Gasteiger partial charge is 0.225 e. The van der Waals surface area contributed by atoms with E-state index in [0.29, 0.717) is 11.3 Å². The van der Waals surface area contributed by atoms with Gasteiger partial charge in [0.2, 0.25) is 5.91 Å². The molecule has 1 atom stereocenters. The molecule has 6 heteroatoms. The van der Waals surface area contributed by atoms with Gasteiger partial charge in [-0.15, -0.1) is 0 Å². The highest BCUT2D eigenvalue weighted by atomic mass is 35.5. The number of rotatable bonds is 5. The van der Waals surface area contributed by atoms with Gasteiger partial charge in [-0.2, -0.15) is 5.10 Å². The standard InChI is InChI=1S/C19H17ClFN3O/c1-12-17(11-24(23-12)15-5-3-2-4-6-15)16(19(22)25)9-13-7-8-14(21)10-18(13)20/h2-8,10-11,16H,9H2,1H3,(H2,22,25). The first-order chi connectivity index (χ1) is 12.0. The highest BCUT2D eigenvalue weighted by Gasteiger charge is 2.24. The number of primary amides is 1. The van der Waals surface area contributed by atoms with Crippen molar-refractivity contribution in [2.24, 2.45) is 5.73 Å². The third-order valence-corrected chi connectivity index (χ3v) is 4.47. The van der Waals surface area contributed by atoms with E-state index in [2.05, 4.69) is 5.10 Å². The van der Waals surface area contributed by atoms with Gasteiger partial charge in [-0.25, -0.2) is 9.07 Å². The highest BCUT2D eigenvalue weighted by molar-refractivity contribution is 6.31. The molecular weight excluding hydrogens is 341 g/mol. The first kappa shape index (κ1) is 17.2.